The number of anilines is 1. The number of hydrogen-bond acceptors (Lipinski definition) is 6. The third kappa shape index (κ3) is 4.12. The Morgan fingerprint density at radius 3 is 2.48 bits per heavy atom. The number of carbonyl (C=O) groups excluding carboxylic acids is 2. The zero-order chi connectivity index (χ0) is 19.8. The molecule has 2 aliphatic rings. The molecule has 0 radical (unpaired) electrons. The molecule has 3 rings (SSSR count). The minimum atomic E-state index is -4.51. The fourth-order valence-electron chi connectivity index (χ4n) is 3.39. The van der Waals surface area contributed by atoms with E-state index in [4.69, 9.17) is 0 Å². The number of carbonyl (C=O) groups is 2. The molecular weight excluding hydrogens is 365 g/mol. The number of halogens is 3. The largest absolute Gasteiger partial charge is 0.433 e. The first-order chi connectivity index (χ1) is 12.7. The Labute approximate surface area is 154 Å². The molecule has 0 aliphatic carbocycles. The molecule has 1 aromatic rings. The number of piperidine rings is 1. The summed E-state index contributed by atoms with van der Waals surface area (Å²) in [5, 5.41) is 2.94. The molecule has 2 fully saturated rings. The molecule has 3 amide bonds. The number of hydrogen-bond donors (Lipinski definition) is 1. The number of likely N-dealkylation sites (N-methyl/N-ethyl adjacent to an activating group) is 2. The van der Waals surface area contributed by atoms with Crippen molar-refractivity contribution in [3.63, 3.8) is 0 Å². The number of alkyl halides is 3. The van der Waals surface area contributed by atoms with E-state index in [0.717, 1.165) is 17.2 Å². The van der Waals surface area contributed by atoms with E-state index in [1.165, 1.54) is 11.9 Å². The number of amides is 3. The molecule has 0 spiro atoms. The molecule has 1 unspecified atom stereocenters. The Bertz CT molecular complexity index is 720. The number of aromatic nitrogens is 2. The van der Waals surface area contributed by atoms with Crippen molar-refractivity contribution in [1.82, 2.24) is 24.7 Å². The van der Waals surface area contributed by atoms with Crippen molar-refractivity contribution >= 4 is 17.9 Å². The summed E-state index contributed by atoms with van der Waals surface area (Å²) in [6.07, 6.45) is -2.17. The molecule has 0 saturated carbocycles. The molecule has 2 saturated heterocycles. The minimum Gasteiger partial charge on any atom is -0.351 e. The standard InChI is InChI=1S/C16H21F3N6O2/c1-23-9-11(13(26)24(2)15(23)27)25-7-4-10(5-8-25)21-14-20-6-3-12(22-14)16(17,18)19/h3,6,10-11H,4-5,7-9H2,1-2H3,(H,20,21,22). The maximum Gasteiger partial charge on any atom is 0.433 e. The van der Waals surface area contributed by atoms with Crippen LogP contribution in [0.15, 0.2) is 12.3 Å². The van der Waals surface area contributed by atoms with Crippen LogP contribution in [0.1, 0.15) is 18.5 Å². The third-order valence-corrected chi connectivity index (χ3v) is 4.93. The molecule has 1 atom stereocenters. The molecule has 148 valence electrons. The fourth-order valence-corrected chi connectivity index (χ4v) is 3.39. The summed E-state index contributed by atoms with van der Waals surface area (Å²) >= 11 is 0. The average molecular weight is 386 g/mol. The van der Waals surface area contributed by atoms with Crippen LogP contribution >= 0.6 is 0 Å². The van der Waals surface area contributed by atoms with Crippen molar-refractivity contribution in [3.05, 3.63) is 18.0 Å². The topological polar surface area (TPSA) is 81.7 Å². The highest BCUT2D eigenvalue weighted by Crippen LogP contribution is 2.28. The van der Waals surface area contributed by atoms with E-state index in [0.29, 0.717) is 32.5 Å². The van der Waals surface area contributed by atoms with Gasteiger partial charge in [0.25, 0.3) is 0 Å². The van der Waals surface area contributed by atoms with E-state index in [1.54, 1.807) is 7.05 Å². The summed E-state index contributed by atoms with van der Waals surface area (Å²) in [7, 11) is 3.12. The van der Waals surface area contributed by atoms with Gasteiger partial charge in [-0.1, -0.05) is 0 Å². The van der Waals surface area contributed by atoms with Crippen LogP contribution in [0.2, 0.25) is 0 Å². The highest BCUT2D eigenvalue weighted by Gasteiger charge is 2.39. The van der Waals surface area contributed by atoms with Crippen molar-refractivity contribution in [2.75, 3.05) is 39.0 Å². The van der Waals surface area contributed by atoms with Gasteiger partial charge in [-0.05, 0) is 18.9 Å². The fraction of sp³-hybridized carbons (Fsp3) is 0.625. The van der Waals surface area contributed by atoms with Crippen LogP contribution in [0.25, 0.3) is 0 Å². The van der Waals surface area contributed by atoms with E-state index in [2.05, 4.69) is 15.3 Å². The van der Waals surface area contributed by atoms with Crippen LogP contribution in [-0.4, -0.2) is 82.4 Å². The molecule has 2 aliphatic heterocycles. The van der Waals surface area contributed by atoms with Gasteiger partial charge >= 0.3 is 12.2 Å². The zero-order valence-electron chi connectivity index (χ0n) is 15.0. The predicted octanol–water partition coefficient (Wildman–Crippen LogP) is 1.26. The molecule has 1 aromatic heterocycles. The maximum absolute atomic E-state index is 12.7. The van der Waals surface area contributed by atoms with Gasteiger partial charge in [-0.15, -0.1) is 0 Å². The van der Waals surface area contributed by atoms with Gasteiger partial charge < -0.3 is 10.2 Å². The number of imide groups is 1. The van der Waals surface area contributed by atoms with E-state index in [-0.39, 0.29) is 23.9 Å². The molecule has 0 bridgehead atoms. The second kappa shape index (κ2) is 7.29. The van der Waals surface area contributed by atoms with Gasteiger partial charge in [0.1, 0.15) is 11.7 Å². The highest BCUT2D eigenvalue weighted by atomic mass is 19.4. The number of nitrogens with one attached hydrogen (secondary N) is 1. The van der Waals surface area contributed by atoms with Crippen LogP contribution in [0.5, 0.6) is 0 Å². The van der Waals surface area contributed by atoms with Crippen LogP contribution < -0.4 is 5.32 Å². The first kappa shape index (κ1) is 19.3. The number of likely N-dealkylation sites (tertiary alicyclic amines) is 1. The van der Waals surface area contributed by atoms with E-state index < -0.39 is 17.9 Å². The molecule has 11 heteroatoms. The summed E-state index contributed by atoms with van der Waals surface area (Å²) in [5.41, 5.74) is -0.985. The molecule has 8 nitrogen and oxygen atoms in total. The van der Waals surface area contributed by atoms with Gasteiger partial charge in [0, 0.05) is 46.0 Å². The zero-order valence-corrected chi connectivity index (χ0v) is 15.0. The lowest BCUT2D eigenvalue weighted by Gasteiger charge is -2.42. The summed E-state index contributed by atoms with van der Waals surface area (Å²) in [6, 6.07) is 0.0232. The third-order valence-electron chi connectivity index (χ3n) is 4.93. The summed E-state index contributed by atoms with van der Waals surface area (Å²) in [6.45, 7) is 1.50. The van der Waals surface area contributed by atoms with Crippen molar-refractivity contribution in [1.29, 1.82) is 0 Å². The molecule has 3 heterocycles. The minimum absolute atomic E-state index is 0.0536. The first-order valence-electron chi connectivity index (χ1n) is 8.60. The lowest BCUT2D eigenvalue weighted by atomic mass is 10.0. The van der Waals surface area contributed by atoms with Crippen molar-refractivity contribution in [2.24, 2.45) is 0 Å². The Hall–Kier alpha value is -2.43. The van der Waals surface area contributed by atoms with Gasteiger partial charge in [0.15, 0.2) is 0 Å². The first-order valence-corrected chi connectivity index (χ1v) is 8.60. The monoisotopic (exact) mass is 386 g/mol. The lowest BCUT2D eigenvalue weighted by molar-refractivity contribution is -0.141. The highest BCUT2D eigenvalue weighted by molar-refractivity contribution is 5.99. The average Bonchev–Trinajstić information content (AvgIpc) is 2.63. The Balaban J connectivity index is 1.58. The number of nitrogens with zero attached hydrogens (tertiary/aromatic N) is 5. The molecule has 0 aromatic carbocycles. The summed E-state index contributed by atoms with van der Waals surface area (Å²) in [5.74, 6) is -0.284. The van der Waals surface area contributed by atoms with Crippen LogP contribution in [-0.2, 0) is 11.0 Å². The SMILES string of the molecule is CN1CC(N2CCC(Nc3nccc(C(F)(F)F)n3)CC2)C(=O)N(C)C1=O. The van der Waals surface area contributed by atoms with Crippen molar-refractivity contribution in [3.8, 4) is 0 Å². The summed E-state index contributed by atoms with van der Waals surface area (Å²) < 4.78 is 38.2. The van der Waals surface area contributed by atoms with E-state index in [9.17, 15) is 22.8 Å². The molecule has 27 heavy (non-hydrogen) atoms. The molecule has 1 N–H and O–H groups in total. The van der Waals surface area contributed by atoms with Crippen LogP contribution in [0.4, 0.5) is 23.9 Å². The van der Waals surface area contributed by atoms with Crippen LogP contribution in [0, 0.1) is 0 Å². The lowest BCUT2D eigenvalue weighted by Crippen LogP contribution is -2.62. The Morgan fingerprint density at radius 2 is 1.85 bits per heavy atom. The van der Waals surface area contributed by atoms with E-state index in [1.807, 2.05) is 4.90 Å². The smallest absolute Gasteiger partial charge is 0.351 e. The van der Waals surface area contributed by atoms with Gasteiger partial charge in [-0.25, -0.2) is 14.8 Å². The van der Waals surface area contributed by atoms with Gasteiger partial charge in [0.2, 0.25) is 11.9 Å². The van der Waals surface area contributed by atoms with Crippen molar-refractivity contribution < 1.29 is 22.8 Å². The van der Waals surface area contributed by atoms with Gasteiger partial charge in [-0.2, -0.15) is 13.2 Å². The normalized spacial score (nSPS) is 23.1. The number of rotatable bonds is 3. The van der Waals surface area contributed by atoms with Gasteiger partial charge in [-0.3, -0.25) is 14.6 Å². The second-order valence-electron chi connectivity index (χ2n) is 6.79. The number of urea groups is 1. The van der Waals surface area contributed by atoms with Crippen molar-refractivity contribution in [2.45, 2.75) is 31.1 Å². The summed E-state index contributed by atoms with van der Waals surface area (Å²) in [4.78, 5) is 36.2. The quantitative estimate of drug-likeness (QED) is 0.843. The Morgan fingerprint density at radius 1 is 1.19 bits per heavy atom. The maximum atomic E-state index is 12.7. The molecular formula is C16H21F3N6O2. The van der Waals surface area contributed by atoms with E-state index >= 15 is 0 Å². The predicted molar refractivity (Wildman–Crippen MR) is 89.8 cm³/mol. The van der Waals surface area contributed by atoms with Gasteiger partial charge in [0.05, 0.1) is 0 Å². The Kier molecular flexibility index (Phi) is 5.22. The van der Waals surface area contributed by atoms with Crippen LogP contribution in [0.3, 0.4) is 0 Å². The second-order valence-corrected chi connectivity index (χ2v) is 6.79.